The third-order valence-electron chi connectivity index (χ3n) is 5.19. The second kappa shape index (κ2) is 13.7. The predicted octanol–water partition coefficient (Wildman–Crippen LogP) is 2.22. The van der Waals surface area contributed by atoms with Crippen molar-refractivity contribution in [2.24, 2.45) is 11.8 Å². The van der Waals surface area contributed by atoms with Crippen molar-refractivity contribution < 1.29 is 23.9 Å². The van der Waals surface area contributed by atoms with E-state index < -0.39 is 0 Å². The highest BCUT2D eigenvalue weighted by Crippen LogP contribution is 2.27. The van der Waals surface area contributed by atoms with Crippen molar-refractivity contribution in [2.45, 2.75) is 78.4 Å². The molecule has 1 saturated carbocycles. The molecule has 0 spiro atoms. The second-order valence-electron chi connectivity index (χ2n) is 7.89. The van der Waals surface area contributed by atoms with E-state index in [9.17, 15) is 14.4 Å². The summed E-state index contributed by atoms with van der Waals surface area (Å²) in [5.41, 5.74) is 0. The predicted molar refractivity (Wildman–Crippen MR) is 108 cm³/mol. The van der Waals surface area contributed by atoms with E-state index in [1.54, 1.807) is 0 Å². The van der Waals surface area contributed by atoms with Gasteiger partial charge in [0.1, 0.15) is 5.78 Å². The van der Waals surface area contributed by atoms with E-state index in [4.69, 9.17) is 9.47 Å². The molecule has 1 fully saturated rings. The van der Waals surface area contributed by atoms with Gasteiger partial charge in [-0.2, -0.15) is 0 Å². The Morgan fingerprint density at radius 1 is 0.964 bits per heavy atom. The van der Waals surface area contributed by atoms with Crippen LogP contribution in [0.4, 0.5) is 0 Å². The lowest BCUT2D eigenvalue weighted by Crippen LogP contribution is -2.44. The summed E-state index contributed by atoms with van der Waals surface area (Å²) in [6.07, 6.45) is 4.57. The molecule has 1 aliphatic carbocycles. The highest BCUT2D eigenvalue weighted by molar-refractivity contribution is 5.85. The number of rotatable bonds is 13. The Kier molecular flexibility index (Phi) is 12.0. The number of Topliss-reactive ketones (excluding diaryl/α,β-unsaturated/α-hetero) is 1. The van der Waals surface area contributed by atoms with E-state index >= 15 is 0 Å². The lowest BCUT2D eigenvalue weighted by atomic mass is 9.79. The van der Waals surface area contributed by atoms with Crippen molar-refractivity contribution in [3.8, 4) is 0 Å². The maximum atomic E-state index is 12.3. The molecule has 1 aliphatic rings. The summed E-state index contributed by atoms with van der Waals surface area (Å²) < 4.78 is 10.7. The van der Waals surface area contributed by atoms with Crippen LogP contribution in [0.5, 0.6) is 0 Å². The van der Waals surface area contributed by atoms with E-state index in [0.29, 0.717) is 25.6 Å². The molecule has 0 bridgehead atoms. The van der Waals surface area contributed by atoms with Gasteiger partial charge in [0.25, 0.3) is 0 Å². The minimum atomic E-state index is -0.206. The lowest BCUT2D eigenvalue weighted by Gasteiger charge is -2.29. The van der Waals surface area contributed by atoms with Gasteiger partial charge in [0.2, 0.25) is 11.8 Å². The van der Waals surface area contributed by atoms with Crippen LogP contribution in [0, 0.1) is 11.8 Å². The van der Waals surface area contributed by atoms with Gasteiger partial charge in [-0.3, -0.25) is 14.4 Å². The zero-order chi connectivity index (χ0) is 20.9. The molecule has 162 valence electrons. The van der Waals surface area contributed by atoms with Crippen LogP contribution >= 0.6 is 0 Å². The SMILES string of the molecule is CCC(C)C(=O)C1CCC(NC(=O)CNC(=O)CCOCCOC(C)C)CC1. The van der Waals surface area contributed by atoms with Crippen LogP contribution in [0.25, 0.3) is 0 Å². The van der Waals surface area contributed by atoms with Gasteiger partial charge in [-0.15, -0.1) is 0 Å². The van der Waals surface area contributed by atoms with Crippen molar-refractivity contribution in [1.29, 1.82) is 0 Å². The Bertz CT molecular complexity index is 487. The third kappa shape index (κ3) is 10.2. The van der Waals surface area contributed by atoms with E-state index in [2.05, 4.69) is 10.6 Å². The van der Waals surface area contributed by atoms with E-state index in [-0.39, 0.29) is 48.8 Å². The summed E-state index contributed by atoms with van der Waals surface area (Å²) in [7, 11) is 0. The molecule has 7 nitrogen and oxygen atoms in total. The number of ketones is 1. The Balaban J connectivity index is 2.10. The summed E-state index contributed by atoms with van der Waals surface area (Å²) in [4.78, 5) is 36.0. The van der Waals surface area contributed by atoms with Gasteiger partial charge in [-0.05, 0) is 46.0 Å². The smallest absolute Gasteiger partial charge is 0.239 e. The Morgan fingerprint density at radius 3 is 2.25 bits per heavy atom. The summed E-state index contributed by atoms with van der Waals surface area (Å²) >= 11 is 0. The number of amides is 2. The number of hydrogen-bond acceptors (Lipinski definition) is 5. The first kappa shape index (κ1) is 24.6. The van der Waals surface area contributed by atoms with Crippen LogP contribution in [-0.2, 0) is 23.9 Å². The summed E-state index contributed by atoms with van der Waals surface area (Å²) in [6, 6.07) is 0.0923. The second-order valence-corrected chi connectivity index (χ2v) is 7.89. The van der Waals surface area contributed by atoms with Gasteiger partial charge in [0.05, 0.1) is 32.5 Å². The summed E-state index contributed by atoms with van der Waals surface area (Å²) in [5.74, 6) is 0.225. The quantitative estimate of drug-likeness (QED) is 0.464. The first-order chi connectivity index (χ1) is 13.3. The molecule has 28 heavy (non-hydrogen) atoms. The molecule has 0 heterocycles. The van der Waals surface area contributed by atoms with Crippen LogP contribution in [0.1, 0.15) is 66.2 Å². The highest BCUT2D eigenvalue weighted by Gasteiger charge is 2.28. The van der Waals surface area contributed by atoms with Crippen molar-refractivity contribution in [2.75, 3.05) is 26.4 Å². The van der Waals surface area contributed by atoms with Gasteiger partial charge >= 0.3 is 0 Å². The van der Waals surface area contributed by atoms with Gasteiger partial charge in [-0.1, -0.05) is 13.8 Å². The number of carbonyl (C=O) groups is 3. The van der Waals surface area contributed by atoms with Crippen LogP contribution in [0.15, 0.2) is 0 Å². The largest absolute Gasteiger partial charge is 0.379 e. The van der Waals surface area contributed by atoms with Crippen LogP contribution in [0.2, 0.25) is 0 Å². The van der Waals surface area contributed by atoms with Crippen molar-refractivity contribution >= 4 is 17.6 Å². The highest BCUT2D eigenvalue weighted by atomic mass is 16.5. The number of hydrogen-bond donors (Lipinski definition) is 2. The third-order valence-corrected chi connectivity index (χ3v) is 5.19. The fourth-order valence-electron chi connectivity index (χ4n) is 3.28. The standard InChI is InChI=1S/C21H38N2O5/c1-5-16(4)21(26)17-6-8-18(9-7-17)23-20(25)14-22-19(24)10-11-27-12-13-28-15(2)3/h15-18H,5-14H2,1-4H3,(H,22,24)(H,23,25). The van der Waals surface area contributed by atoms with Crippen LogP contribution < -0.4 is 10.6 Å². The topological polar surface area (TPSA) is 93.7 Å². The molecule has 1 unspecified atom stereocenters. The fourth-order valence-corrected chi connectivity index (χ4v) is 3.28. The number of ether oxygens (including phenoxy) is 2. The summed E-state index contributed by atoms with van der Waals surface area (Å²) in [5, 5.41) is 5.57. The van der Waals surface area contributed by atoms with Crippen molar-refractivity contribution in [3.63, 3.8) is 0 Å². The maximum Gasteiger partial charge on any atom is 0.239 e. The fraction of sp³-hybridized carbons (Fsp3) is 0.857. The molecular weight excluding hydrogens is 360 g/mol. The van der Waals surface area contributed by atoms with Gasteiger partial charge in [-0.25, -0.2) is 0 Å². The molecule has 0 aromatic rings. The minimum absolute atomic E-state index is 0.0268. The molecule has 0 saturated heterocycles. The lowest BCUT2D eigenvalue weighted by molar-refractivity contribution is -0.128. The monoisotopic (exact) mass is 398 g/mol. The zero-order valence-corrected chi connectivity index (χ0v) is 17.9. The van der Waals surface area contributed by atoms with E-state index in [1.165, 1.54) is 0 Å². The zero-order valence-electron chi connectivity index (χ0n) is 17.9. The van der Waals surface area contributed by atoms with Crippen LogP contribution in [0.3, 0.4) is 0 Å². The molecule has 7 heteroatoms. The Labute approximate surface area is 169 Å². The van der Waals surface area contributed by atoms with Gasteiger partial charge in [0.15, 0.2) is 0 Å². The first-order valence-electron chi connectivity index (χ1n) is 10.6. The number of carbonyl (C=O) groups excluding carboxylic acids is 3. The van der Waals surface area contributed by atoms with Crippen molar-refractivity contribution in [1.82, 2.24) is 10.6 Å². The number of nitrogens with one attached hydrogen (secondary N) is 2. The molecule has 0 radical (unpaired) electrons. The van der Waals surface area contributed by atoms with Gasteiger partial charge in [0, 0.05) is 24.3 Å². The Hall–Kier alpha value is -1.47. The van der Waals surface area contributed by atoms with E-state index in [0.717, 1.165) is 32.1 Å². The molecule has 0 aliphatic heterocycles. The molecule has 1 rings (SSSR count). The molecule has 1 atom stereocenters. The molecule has 0 aromatic heterocycles. The molecule has 2 amide bonds. The molecular formula is C21H38N2O5. The van der Waals surface area contributed by atoms with Crippen molar-refractivity contribution in [3.05, 3.63) is 0 Å². The average molecular weight is 399 g/mol. The summed E-state index contributed by atoms with van der Waals surface area (Å²) in [6.45, 7) is 9.18. The minimum Gasteiger partial charge on any atom is -0.379 e. The Morgan fingerprint density at radius 2 is 1.64 bits per heavy atom. The molecule has 0 aromatic carbocycles. The first-order valence-corrected chi connectivity index (χ1v) is 10.6. The van der Waals surface area contributed by atoms with Gasteiger partial charge < -0.3 is 20.1 Å². The normalized spacial score (nSPS) is 20.6. The van der Waals surface area contributed by atoms with E-state index in [1.807, 2.05) is 27.7 Å². The molecule has 2 N–H and O–H groups in total. The van der Waals surface area contributed by atoms with Crippen LogP contribution in [-0.4, -0.2) is 56.1 Å². The average Bonchev–Trinajstić information content (AvgIpc) is 2.68. The maximum absolute atomic E-state index is 12.3.